The SMILES string of the molecule is CCCOS(=O)(=O)N1CCC[C@@H](n2nc(-c3ccc(Oc4ccccc4)cc3)c3c(N)ncnc32)C1. The third-order valence-corrected chi connectivity index (χ3v) is 7.51. The van der Waals surface area contributed by atoms with Crippen molar-refractivity contribution in [2.45, 2.75) is 32.2 Å². The molecule has 4 aromatic rings. The highest BCUT2D eigenvalue weighted by Gasteiger charge is 2.32. The van der Waals surface area contributed by atoms with Crippen LogP contribution in [0.5, 0.6) is 11.5 Å². The zero-order valence-electron chi connectivity index (χ0n) is 19.9. The summed E-state index contributed by atoms with van der Waals surface area (Å²) in [6.45, 7) is 2.69. The molecule has 1 fully saturated rings. The molecule has 3 heterocycles. The highest BCUT2D eigenvalue weighted by Crippen LogP contribution is 2.35. The zero-order chi connectivity index (χ0) is 25.1. The Hall–Kier alpha value is -3.54. The Kier molecular flexibility index (Phi) is 6.86. The van der Waals surface area contributed by atoms with Gasteiger partial charge in [0.05, 0.1) is 18.0 Å². The fourth-order valence-electron chi connectivity index (χ4n) is 4.34. The molecule has 0 spiro atoms. The lowest BCUT2D eigenvalue weighted by molar-refractivity contribution is 0.213. The summed E-state index contributed by atoms with van der Waals surface area (Å²) >= 11 is 0. The Labute approximate surface area is 209 Å². The summed E-state index contributed by atoms with van der Waals surface area (Å²) in [6, 6.07) is 16.9. The molecule has 0 saturated carbocycles. The third kappa shape index (κ3) is 4.90. The molecule has 188 valence electrons. The van der Waals surface area contributed by atoms with E-state index >= 15 is 0 Å². The molecule has 1 aliphatic heterocycles. The summed E-state index contributed by atoms with van der Waals surface area (Å²) in [4.78, 5) is 8.63. The summed E-state index contributed by atoms with van der Waals surface area (Å²) in [5, 5.41) is 5.50. The number of benzene rings is 2. The smallest absolute Gasteiger partial charge is 0.338 e. The predicted molar refractivity (Wildman–Crippen MR) is 137 cm³/mol. The highest BCUT2D eigenvalue weighted by atomic mass is 32.2. The molecule has 0 amide bonds. The normalized spacial score (nSPS) is 16.9. The van der Waals surface area contributed by atoms with Crippen molar-refractivity contribution in [2.24, 2.45) is 0 Å². The van der Waals surface area contributed by atoms with E-state index in [1.807, 2.05) is 61.5 Å². The van der Waals surface area contributed by atoms with Gasteiger partial charge < -0.3 is 10.5 Å². The van der Waals surface area contributed by atoms with Gasteiger partial charge in [-0.25, -0.2) is 14.6 Å². The first kappa shape index (κ1) is 24.2. The van der Waals surface area contributed by atoms with Crippen LogP contribution in [0, 0.1) is 0 Å². The fourth-order valence-corrected chi connectivity index (χ4v) is 5.58. The minimum atomic E-state index is -3.80. The van der Waals surface area contributed by atoms with Gasteiger partial charge in [-0.2, -0.15) is 17.8 Å². The molecule has 2 aromatic heterocycles. The standard InChI is InChI=1S/C25H28N6O4S/c1-2-15-34-36(32,33)30-14-6-7-19(16-30)31-25-22(24(26)27-17-28-25)23(29-31)18-10-12-21(13-11-18)35-20-8-4-3-5-9-20/h3-5,8-13,17,19H,2,6-7,14-16H2,1H3,(H2,26,27,28)/t19-/m1/s1. The zero-order valence-corrected chi connectivity index (χ0v) is 20.8. The maximum Gasteiger partial charge on any atom is 0.338 e. The van der Waals surface area contributed by atoms with E-state index < -0.39 is 10.3 Å². The van der Waals surface area contributed by atoms with Gasteiger partial charge in [0.2, 0.25) is 0 Å². The van der Waals surface area contributed by atoms with Crippen molar-refractivity contribution in [1.82, 2.24) is 24.1 Å². The van der Waals surface area contributed by atoms with Crippen molar-refractivity contribution in [2.75, 3.05) is 25.4 Å². The molecule has 2 N–H and O–H groups in total. The minimum absolute atomic E-state index is 0.159. The van der Waals surface area contributed by atoms with Crippen molar-refractivity contribution in [3.63, 3.8) is 0 Å². The molecule has 36 heavy (non-hydrogen) atoms. The van der Waals surface area contributed by atoms with Crippen LogP contribution in [-0.4, -0.2) is 52.2 Å². The van der Waals surface area contributed by atoms with Crippen LogP contribution >= 0.6 is 0 Å². The van der Waals surface area contributed by atoms with E-state index in [1.54, 1.807) is 4.68 Å². The largest absolute Gasteiger partial charge is 0.457 e. The number of nitrogens with zero attached hydrogens (tertiary/aromatic N) is 5. The molecule has 2 aromatic carbocycles. The van der Waals surface area contributed by atoms with Crippen molar-refractivity contribution in [1.29, 1.82) is 0 Å². The number of hydrogen-bond acceptors (Lipinski definition) is 8. The molecule has 5 rings (SSSR count). The quantitative estimate of drug-likeness (QED) is 0.376. The molecule has 0 aliphatic carbocycles. The number of anilines is 1. The average molecular weight is 509 g/mol. The predicted octanol–water partition coefficient (Wildman–Crippen LogP) is 4.18. The van der Waals surface area contributed by atoms with Gasteiger partial charge in [-0.3, -0.25) is 4.18 Å². The topological polar surface area (TPSA) is 125 Å². The van der Waals surface area contributed by atoms with E-state index in [-0.39, 0.29) is 19.2 Å². The molecule has 0 radical (unpaired) electrons. The third-order valence-electron chi connectivity index (χ3n) is 6.08. The van der Waals surface area contributed by atoms with Crippen LogP contribution in [0.3, 0.4) is 0 Å². The molecular formula is C25H28N6O4S. The maximum atomic E-state index is 12.6. The number of hydrogen-bond donors (Lipinski definition) is 1. The Morgan fingerprint density at radius 1 is 1.06 bits per heavy atom. The Bertz CT molecular complexity index is 1440. The van der Waals surface area contributed by atoms with Crippen molar-refractivity contribution >= 4 is 27.2 Å². The van der Waals surface area contributed by atoms with Gasteiger partial charge >= 0.3 is 10.3 Å². The summed E-state index contributed by atoms with van der Waals surface area (Å²) < 4.78 is 39.5. The Balaban J connectivity index is 1.47. The Morgan fingerprint density at radius 3 is 2.56 bits per heavy atom. The number of fused-ring (bicyclic) bond motifs is 1. The van der Waals surface area contributed by atoms with Crippen LogP contribution < -0.4 is 10.5 Å². The van der Waals surface area contributed by atoms with Crippen LogP contribution in [0.2, 0.25) is 0 Å². The molecule has 1 saturated heterocycles. The first-order chi connectivity index (χ1) is 17.5. The monoisotopic (exact) mass is 508 g/mol. The molecule has 0 unspecified atom stereocenters. The van der Waals surface area contributed by atoms with Crippen molar-refractivity contribution in [3.8, 4) is 22.8 Å². The van der Waals surface area contributed by atoms with Crippen LogP contribution in [0.25, 0.3) is 22.3 Å². The van der Waals surface area contributed by atoms with E-state index in [4.69, 9.17) is 19.8 Å². The molecule has 1 atom stereocenters. The second-order valence-electron chi connectivity index (χ2n) is 8.62. The van der Waals surface area contributed by atoms with Gasteiger partial charge in [0.15, 0.2) is 5.65 Å². The number of aromatic nitrogens is 4. The second kappa shape index (κ2) is 10.2. The van der Waals surface area contributed by atoms with Crippen LogP contribution in [0.1, 0.15) is 32.2 Å². The number of para-hydroxylation sites is 1. The summed E-state index contributed by atoms with van der Waals surface area (Å²) in [5.41, 5.74) is 8.30. The van der Waals surface area contributed by atoms with E-state index in [2.05, 4.69) is 9.97 Å². The van der Waals surface area contributed by atoms with Gasteiger partial charge in [-0.1, -0.05) is 25.1 Å². The lowest BCUT2D eigenvalue weighted by Gasteiger charge is -2.31. The van der Waals surface area contributed by atoms with Gasteiger partial charge in [0, 0.05) is 18.7 Å². The lowest BCUT2D eigenvalue weighted by Crippen LogP contribution is -2.41. The summed E-state index contributed by atoms with van der Waals surface area (Å²) in [6.07, 6.45) is 3.46. The van der Waals surface area contributed by atoms with Gasteiger partial charge in [0.1, 0.15) is 29.3 Å². The van der Waals surface area contributed by atoms with Crippen molar-refractivity contribution in [3.05, 3.63) is 60.9 Å². The highest BCUT2D eigenvalue weighted by molar-refractivity contribution is 7.84. The summed E-state index contributed by atoms with van der Waals surface area (Å²) in [5.74, 6) is 1.76. The van der Waals surface area contributed by atoms with Gasteiger partial charge in [-0.15, -0.1) is 0 Å². The van der Waals surface area contributed by atoms with Crippen molar-refractivity contribution < 1.29 is 17.3 Å². The number of piperidine rings is 1. The summed E-state index contributed by atoms with van der Waals surface area (Å²) in [7, 11) is -3.80. The second-order valence-corrected chi connectivity index (χ2v) is 10.2. The maximum absolute atomic E-state index is 12.6. The van der Waals surface area contributed by atoms with Gasteiger partial charge in [-0.05, 0) is 55.7 Å². The lowest BCUT2D eigenvalue weighted by atomic mass is 10.1. The van der Waals surface area contributed by atoms with E-state index in [0.717, 1.165) is 17.7 Å². The molecule has 11 heteroatoms. The first-order valence-electron chi connectivity index (χ1n) is 11.9. The first-order valence-corrected chi connectivity index (χ1v) is 13.3. The number of nitrogens with two attached hydrogens (primary N) is 1. The minimum Gasteiger partial charge on any atom is -0.457 e. The number of rotatable bonds is 8. The van der Waals surface area contributed by atoms with Crippen LogP contribution in [0.15, 0.2) is 60.9 Å². The van der Waals surface area contributed by atoms with Gasteiger partial charge in [0.25, 0.3) is 0 Å². The number of ether oxygens (including phenoxy) is 1. The Morgan fingerprint density at radius 2 is 1.81 bits per heavy atom. The van der Waals surface area contributed by atoms with Crippen LogP contribution in [0.4, 0.5) is 5.82 Å². The number of nitrogen functional groups attached to an aromatic ring is 1. The molecule has 0 bridgehead atoms. The van der Waals surface area contributed by atoms with E-state index in [9.17, 15) is 8.42 Å². The molecule has 1 aliphatic rings. The van der Waals surface area contributed by atoms with Crippen LogP contribution in [-0.2, 0) is 14.5 Å². The fraction of sp³-hybridized carbons (Fsp3) is 0.320. The average Bonchev–Trinajstić information content (AvgIpc) is 3.30. The van der Waals surface area contributed by atoms with E-state index in [0.29, 0.717) is 47.7 Å². The molecule has 10 nitrogen and oxygen atoms in total. The molecular weight excluding hydrogens is 480 g/mol. The van der Waals surface area contributed by atoms with E-state index in [1.165, 1.54) is 10.6 Å².